The lowest BCUT2D eigenvalue weighted by Gasteiger charge is -2.10. The van der Waals surface area contributed by atoms with Crippen LogP contribution in [0, 0.1) is 11.3 Å². The van der Waals surface area contributed by atoms with Gasteiger partial charge in [-0.2, -0.15) is 18.4 Å². The zero-order valence-electron chi connectivity index (χ0n) is 10.2. The van der Waals surface area contributed by atoms with Crippen LogP contribution in [0.25, 0.3) is 11.1 Å². The highest BCUT2D eigenvalue weighted by Crippen LogP contribution is 2.35. The highest BCUT2D eigenvalue weighted by Gasteiger charge is 2.31. The number of nitrogens with zero attached hydrogens (tertiary/aromatic N) is 1. The van der Waals surface area contributed by atoms with Crippen molar-refractivity contribution >= 4 is 15.9 Å². The third-order valence-electron chi connectivity index (χ3n) is 2.77. The van der Waals surface area contributed by atoms with Crippen LogP contribution in [-0.4, -0.2) is 0 Å². The van der Waals surface area contributed by atoms with Crippen LogP contribution in [0.15, 0.2) is 46.9 Å². The van der Waals surface area contributed by atoms with Crippen molar-refractivity contribution in [2.75, 3.05) is 0 Å². The van der Waals surface area contributed by atoms with E-state index in [1.54, 1.807) is 30.3 Å². The van der Waals surface area contributed by atoms with Gasteiger partial charge in [-0.3, -0.25) is 0 Å². The van der Waals surface area contributed by atoms with Crippen LogP contribution >= 0.6 is 15.9 Å². The van der Waals surface area contributed by atoms with Gasteiger partial charge in [0.1, 0.15) is 0 Å². The molecule has 0 spiro atoms. The minimum absolute atomic E-state index is 0.230. The summed E-state index contributed by atoms with van der Waals surface area (Å²) in [6.45, 7) is 0. The number of halogens is 4. The topological polar surface area (TPSA) is 23.8 Å². The van der Waals surface area contributed by atoms with Crippen LogP contribution in [0.3, 0.4) is 0 Å². The molecule has 0 amide bonds. The molecule has 0 bridgehead atoms. The lowest BCUT2D eigenvalue weighted by atomic mass is 10.00. The molecule has 0 atom stereocenters. The smallest absolute Gasteiger partial charge is 0.198 e. The SMILES string of the molecule is N#CCc1cccc(-c2cc(Br)cc(C(F)(F)F)c2)c1. The molecule has 2 rings (SSSR count). The van der Waals surface area contributed by atoms with Crippen LogP contribution in [0.4, 0.5) is 13.2 Å². The fraction of sp³-hybridized carbons (Fsp3) is 0.133. The first-order chi connectivity index (χ1) is 9.40. The largest absolute Gasteiger partial charge is 0.416 e. The molecule has 20 heavy (non-hydrogen) atoms. The molecule has 0 aliphatic carbocycles. The van der Waals surface area contributed by atoms with Gasteiger partial charge in [0.25, 0.3) is 0 Å². The Balaban J connectivity index is 2.50. The molecule has 2 aromatic carbocycles. The number of nitriles is 1. The van der Waals surface area contributed by atoms with Gasteiger partial charge in [-0.05, 0) is 34.9 Å². The lowest BCUT2D eigenvalue weighted by Crippen LogP contribution is -2.04. The summed E-state index contributed by atoms with van der Waals surface area (Å²) >= 11 is 3.10. The van der Waals surface area contributed by atoms with Gasteiger partial charge in [0.15, 0.2) is 0 Å². The molecule has 0 fully saturated rings. The fourth-order valence-corrected chi connectivity index (χ4v) is 2.37. The van der Waals surface area contributed by atoms with Crippen molar-refractivity contribution in [2.45, 2.75) is 12.6 Å². The maximum absolute atomic E-state index is 12.8. The molecular formula is C15H9BrF3N. The summed E-state index contributed by atoms with van der Waals surface area (Å²) in [6, 6.07) is 12.8. The maximum Gasteiger partial charge on any atom is 0.416 e. The molecule has 102 valence electrons. The monoisotopic (exact) mass is 339 g/mol. The standard InChI is InChI=1S/C15H9BrF3N/c16-14-8-12(7-13(9-14)15(17,18)19)11-3-1-2-10(6-11)4-5-20/h1-3,6-9H,4H2. The predicted octanol–water partition coefficient (Wildman–Crippen LogP) is 5.20. The van der Waals surface area contributed by atoms with E-state index in [1.807, 2.05) is 6.07 Å². The summed E-state index contributed by atoms with van der Waals surface area (Å²) in [6.07, 6.45) is -4.16. The molecule has 0 aromatic heterocycles. The lowest BCUT2D eigenvalue weighted by molar-refractivity contribution is -0.137. The van der Waals surface area contributed by atoms with E-state index >= 15 is 0 Å². The molecule has 0 aliphatic heterocycles. The Labute approximate surface area is 122 Å². The quantitative estimate of drug-likeness (QED) is 0.737. The van der Waals surface area contributed by atoms with Gasteiger partial charge in [-0.15, -0.1) is 0 Å². The first-order valence-electron chi connectivity index (χ1n) is 5.74. The zero-order chi connectivity index (χ0) is 14.8. The first kappa shape index (κ1) is 14.6. The van der Waals surface area contributed by atoms with Crippen molar-refractivity contribution in [3.05, 3.63) is 58.1 Å². The second-order valence-corrected chi connectivity index (χ2v) is 5.18. The molecular weight excluding hydrogens is 331 g/mol. The molecule has 0 radical (unpaired) electrons. The van der Waals surface area contributed by atoms with E-state index in [-0.39, 0.29) is 6.42 Å². The summed E-state index contributed by atoms with van der Waals surface area (Å²) in [5.74, 6) is 0. The minimum Gasteiger partial charge on any atom is -0.198 e. The molecule has 1 nitrogen and oxygen atoms in total. The Morgan fingerprint density at radius 1 is 1.05 bits per heavy atom. The maximum atomic E-state index is 12.8. The molecule has 0 aliphatic rings. The van der Waals surface area contributed by atoms with Crippen molar-refractivity contribution in [3.8, 4) is 17.2 Å². The summed E-state index contributed by atoms with van der Waals surface area (Å²) in [4.78, 5) is 0. The predicted molar refractivity (Wildman–Crippen MR) is 73.9 cm³/mol. The third kappa shape index (κ3) is 3.40. The fourth-order valence-electron chi connectivity index (χ4n) is 1.87. The Morgan fingerprint density at radius 3 is 2.45 bits per heavy atom. The molecule has 0 saturated carbocycles. The Morgan fingerprint density at radius 2 is 1.80 bits per heavy atom. The van der Waals surface area contributed by atoms with Gasteiger partial charge in [-0.1, -0.05) is 40.2 Å². The average Bonchev–Trinajstić information content (AvgIpc) is 2.38. The molecule has 0 N–H and O–H groups in total. The van der Waals surface area contributed by atoms with E-state index in [9.17, 15) is 13.2 Å². The van der Waals surface area contributed by atoms with E-state index in [2.05, 4.69) is 15.9 Å². The van der Waals surface area contributed by atoms with Crippen LogP contribution in [-0.2, 0) is 12.6 Å². The second-order valence-electron chi connectivity index (χ2n) is 4.26. The molecule has 5 heteroatoms. The van der Waals surface area contributed by atoms with Crippen molar-refractivity contribution in [3.63, 3.8) is 0 Å². The van der Waals surface area contributed by atoms with Gasteiger partial charge in [0.2, 0.25) is 0 Å². The second kappa shape index (κ2) is 5.68. The Hall–Kier alpha value is -1.80. The van der Waals surface area contributed by atoms with E-state index in [0.717, 1.165) is 17.7 Å². The highest BCUT2D eigenvalue weighted by atomic mass is 79.9. The van der Waals surface area contributed by atoms with Gasteiger partial charge in [0, 0.05) is 4.47 Å². The number of hydrogen-bond donors (Lipinski definition) is 0. The normalized spacial score (nSPS) is 11.2. The summed E-state index contributed by atoms with van der Waals surface area (Å²) < 4.78 is 38.8. The van der Waals surface area contributed by atoms with Crippen molar-refractivity contribution < 1.29 is 13.2 Å². The first-order valence-corrected chi connectivity index (χ1v) is 6.53. The molecule has 2 aromatic rings. The number of hydrogen-bond acceptors (Lipinski definition) is 1. The third-order valence-corrected chi connectivity index (χ3v) is 3.23. The molecule has 0 heterocycles. The van der Waals surface area contributed by atoms with E-state index in [4.69, 9.17) is 5.26 Å². The van der Waals surface area contributed by atoms with Crippen LogP contribution < -0.4 is 0 Å². The number of rotatable bonds is 2. The highest BCUT2D eigenvalue weighted by molar-refractivity contribution is 9.10. The summed E-state index contributed by atoms with van der Waals surface area (Å²) in [5.41, 5.74) is 1.20. The van der Waals surface area contributed by atoms with E-state index < -0.39 is 11.7 Å². The van der Waals surface area contributed by atoms with Crippen LogP contribution in [0.5, 0.6) is 0 Å². The number of alkyl halides is 3. The summed E-state index contributed by atoms with van der Waals surface area (Å²) in [7, 11) is 0. The van der Waals surface area contributed by atoms with Crippen LogP contribution in [0.1, 0.15) is 11.1 Å². The Kier molecular flexibility index (Phi) is 4.15. The Bertz CT molecular complexity index is 672. The van der Waals surface area contributed by atoms with Gasteiger partial charge < -0.3 is 0 Å². The van der Waals surface area contributed by atoms with Gasteiger partial charge in [-0.25, -0.2) is 0 Å². The average molecular weight is 340 g/mol. The van der Waals surface area contributed by atoms with E-state index in [0.29, 0.717) is 15.6 Å². The van der Waals surface area contributed by atoms with Gasteiger partial charge in [0.05, 0.1) is 18.1 Å². The van der Waals surface area contributed by atoms with E-state index in [1.165, 1.54) is 0 Å². The zero-order valence-corrected chi connectivity index (χ0v) is 11.8. The number of benzene rings is 2. The minimum atomic E-state index is -4.39. The molecule has 0 unspecified atom stereocenters. The molecule has 0 saturated heterocycles. The van der Waals surface area contributed by atoms with Crippen LogP contribution in [0.2, 0.25) is 0 Å². The van der Waals surface area contributed by atoms with Gasteiger partial charge >= 0.3 is 6.18 Å². The van der Waals surface area contributed by atoms with Crippen molar-refractivity contribution in [1.29, 1.82) is 5.26 Å². The van der Waals surface area contributed by atoms with Crippen molar-refractivity contribution in [1.82, 2.24) is 0 Å². The summed E-state index contributed by atoms with van der Waals surface area (Å²) in [5, 5.41) is 8.67. The van der Waals surface area contributed by atoms with Crippen molar-refractivity contribution in [2.24, 2.45) is 0 Å².